The second-order valence-corrected chi connectivity index (χ2v) is 7.74. The number of halogens is 1. The summed E-state index contributed by atoms with van der Waals surface area (Å²) < 4.78 is 11.2. The van der Waals surface area contributed by atoms with E-state index in [9.17, 15) is 4.79 Å². The van der Waals surface area contributed by atoms with Crippen LogP contribution in [0.15, 0.2) is 84.0 Å². The summed E-state index contributed by atoms with van der Waals surface area (Å²) in [4.78, 5) is 12.4. The van der Waals surface area contributed by atoms with Gasteiger partial charge >= 0.3 is 0 Å². The number of hydrazone groups is 1. The molecule has 0 radical (unpaired) electrons. The number of amides is 1. The first kappa shape index (κ1) is 23.1. The molecule has 34 heavy (non-hydrogen) atoms. The third-order valence-electron chi connectivity index (χ3n) is 4.86. The van der Waals surface area contributed by atoms with Crippen LogP contribution in [0.4, 0.5) is 0 Å². The highest BCUT2D eigenvalue weighted by atomic mass is 35.5. The molecule has 0 unspecified atom stereocenters. The molecule has 4 aromatic rings. The predicted molar refractivity (Wildman–Crippen MR) is 132 cm³/mol. The van der Waals surface area contributed by atoms with Crippen LogP contribution in [-0.4, -0.2) is 28.9 Å². The van der Waals surface area contributed by atoms with Gasteiger partial charge in [0.1, 0.15) is 23.8 Å². The number of rotatable bonds is 9. The van der Waals surface area contributed by atoms with Crippen molar-refractivity contribution in [3.05, 3.63) is 101 Å². The number of aromatic amines is 1. The van der Waals surface area contributed by atoms with Gasteiger partial charge in [-0.1, -0.05) is 23.7 Å². The Hall–Kier alpha value is -4.10. The van der Waals surface area contributed by atoms with Crippen LogP contribution < -0.4 is 14.9 Å². The van der Waals surface area contributed by atoms with E-state index in [-0.39, 0.29) is 5.91 Å². The van der Waals surface area contributed by atoms with Crippen molar-refractivity contribution in [3.63, 3.8) is 0 Å². The summed E-state index contributed by atoms with van der Waals surface area (Å²) in [7, 11) is 0. The third kappa shape index (κ3) is 6.24. The number of nitrogens with zero attached hydrogens (tertiary/aromatic N) is 2. The Morgan fingerprint density at radius 3 is 2.38 bits per heavy atom. The van der Waals surface area contributed by atoms with Gasteiger partial charge in [-0.15, -0.1) is 0 Å². The SMILES string of the molecule is CCOc1ccc(C=NNC(=O)c2cc(-c3ccc(OCc4ccc(Cl)cc4)cc3)n[nH]2)cc1. The van der Waals surface area contributed by atoms with Crippen LogP contribution in [0.2, 0.25) is 5.02 Å². The van der Waals surface area contributed by atoms with Crippen molar-refractivity contribution in [3.8, 4) is 22.8 Å². The predicted octanol–water partition coefficient (Wildman–Crippen LogP) is 5.47. The number of hydrogen-bond donors (Lipinski definition) is 2. The van der Waals surface area contributed by atoms with Crippen molar-refractivity contribution < 1.29 is 14.3 Å². The van der Waals surface area contributed by atoms with E-state index in [1.165, 1.54) is 0 Å². The molecule has 0 fully saturated rings. The first-order chi connectivity index (χ1) is 16.6. The molecule has 0 saturated heterocycles. The van der Waals surface area contributed by atoms with Crippen molar-refractivity contribution >= 4 is 23.7 Å². The van der Waals surface area contributed by atoms with Gasteiger partial charge in [-0.25, -0.2) is 5.43 Å². The zero-order valence-electron chi connectivity index (χ0n) is 18.5. The third-order valence-corrected chi connectivity index (χ3v) is 5.11. The number of carbonyl (C=O) groups is 1. The molecule has 0 aliphatic carbocycles. The van der Waals surface area contributed by atoms with Gasteiger partial charge in [0.05, 0.1) is 18.5 Å². The summed E-state index contributed by atoms with van der Waals surface area (Å²) >= 11 is 5.90. The molecule has 7 nitrogen and oxygen atoms in total. The summed E-state index contributed by atoms with van der Waals surface area (Å²) in [6, 6.07) is 24.1. The Kier molecular flexibility index (Phi) is 7.57. The highest BCUT2D eigenvalue weighted by Gasteiger charge is 2.10. The van der Waals surface area contributed by atoms with Crippen LogP contribution in [0.25, 0.3) is 11.3 Å². The maximum atomic E-state index is 12.4. The fourth-order valence-corrected chi connectivity index (χ4v) is 3.22. The summed E-state index contributed by atoms with van der Waals surface area (Å²) in [6.07, 6.45) is 1.56. The fourth-order valence-electron chi connectivity index (χ4n) is 3.10. The fraction of sp³-hybridized carbons (Fsp3) is 0.115. The molecule has 0 spiro atoms. The van der Waals surface area contributed by atoms with Gasteiger partial charge in [0.2, 0.25) is 0 Å². The van der Waals surface area contributed by atoms with Gasteiger partial charge in [-0.3, -0.25) is 9.89 Å². The zero-order chi connectivity index (χ0) is 23.8. The van der Waals surface area contributed by atoms with E-state index < -0.39 is 0 Å². The molecule has 0 atom stereocenters. The van der Waals surface area contributed by atoms with Crippen molar-refractivity contribution in [2.24, 2.45) is 5.10 Å². The molecule has 0 bridgehead atoms. The maximum absolute atomic E-state index is 12.4. The lowest BCUT2D eigenvalue weighted by atomic mass is 10.1. The molecule has 1 aromatic heterocycles. The number of H-pyrrole nitrogens is 1. The van der Waals surface area contributed by atoms with Crippen LogP contribution >= 0.6 is 11.6 Å². The van der Waals surface area contributed by atoms with E-state index in [0.29, 0.717) is 29.6 Å². The van der Waals surface area contributed by atoms with E-state index in [0.717, 1.165) is 28.2 Å². The number of benzene rings is 3. The Balaban J connectivity index is 1.31. The molecule has 0 aliphatic rings. The van der Waals surface area contributed by atoms with Crippen molar-refractivity contribution in [2.75, 3.05) is 6.61 Å². The molecule has 1 heterocycles. The number of ether oxygens (including phenoxy) is 2. The Labute approximate surface area is 202 Å². The van der Waals surface area contributed by atoms with Gasteiger partial charge in [-0.05, 0) is 84.8 Å². The standard InChI is InChI=1S/C26H23ClN4O3/c1-2-33-22-11-5-18(6-12-22)16-28-31-26(32)25-15-24(29-30-25)20-7-13-23(14-8-20)34-17-19-3-9-21(27)10-4-19/h3-16H,2,17H2,1H3,(H,29,30)(H,31,32). The van der Waals surface area contributed by atoms with Crippen LogP contribution in [0.1, 0.15) is 28.5 Å². The highest BCUT2D eigenvalue weighted by Crippen LogP contribution is 2.22. The van der Waals surface area contributed by atoms with E-state index in [4.69, 9.17) is 21.1 Å². The molecule has 8 heteroatoms. The summed E-state index contributed by atoms with van der Waals surface area (Å²) in [5, 5.41) is 11.7. The quantitative estimate of drug-likeness (QED) is 0.248. The van der Waals surface area contributed by atoms with Gasteiger partial charge < -0.3 is 9.47 Å². The Morgan fingerprint density at radius 1 is 1.00 bits per heavy atom. The van der Waals surface area contributed by atoms with Crippen LogP contribution in [-0.2, 0) is 6.61 Å². The first-order valence-electron chi connectivity index (χ1n) is 10.7. The average molecular weight is 475 g/mol. The van der Waals surface area contributed by atoms with E-state index in [1.54, 1.807) is 12.3 Å². The Bertz CT molecular complexity index is 1250. The normalized spacial score (nSPS) is 10.9. The molecular formula is C26H23ClN4O3. The first-order valence-corrected chi connectivity index (χ1v) is 11.1. The number of carbonyl (C=O) groups excluding carboxylic acids is 1. The minimum absolute atomic E-state index is 0.307. The van der Waals surface area contributed by atoms with Crippen LogP contribution in [0.5, 0.6) is 11.5 Å². The van der Waals surface area contributed by atoms with Crippen molar-refractivity contribution in [1.82, 2.24) is 15.6 Å². The van der Waals surface area contributed by atoms with Gasteiger partial charge in [-0.2, -0.15) is 10.2 Å². The minimum Gasteiger partial charge on any atom is -0.494 e. The lowest BCUT2D eigenvalue weighted by Crippen LogP contribution is -2.17. The van der Waals surface area contributed by atoms with Crippen molar-refractivity contribution in [2.45, 2.75) is 13.5 Å². The average Bonchev–Trinajstić information content (AvgIpc) is 3.36. The zero-order valence-corrected chi connectivity index (χ0v) is 19.3. The smallest absolute Gasteiger partial charge is 0.289 e. The second kappa shape index (κ2) is 11.2. The van der Waals surface area contributed by atoms with E-state index in [2.05, 4.69) is 20.7 Å². The summed E-state index contributed by atoms with van der Waals surface area (Å²) in [5.41, 5.74) is 6.17. The maximum Gasteiger partial charge on any atom is 0.289 e. The molecule has 172 valence electrons. The van der Waals surface area contributed by atoms with Gasteiger partial charge in [0.15, 0.2) is 0 Å². The van der Waals surface area contributed by atoms with Crippen molar-refractivity contribution in [1.29, 1.82) is 0 Å². The largest absolute Gasteiger partial charge is 0.494 e. The highest BCUT2D eigenvalue weighted by molar-refractivity contribution is 6.30. The Morgan fingerprint density at radius 2 is 1.68 bits per heavy atom. The summed E-state index contributed by atoms with van der Waals surface area (Å²) in [5.74, 6) is 1.13. The topological polar surface area (TPSA) is 88.6 Å². The van der Waals surface area contributed by atoms with Gasteiger partial charge in [0, 0.05) is 10.6 Å². The molecule has 1 amide bonds. The number of nitrogens with one attached hydrogen (secondary N) is 2. The lowest BCUT2D eigenvalue weighted by Gasteiger charge is -2.07. The molecular weight excluding hydrogens is 452 g/mol. The van der Waals surface area contributed by atoms with E-state index >= 15 is 0 Å². The molecule has 4 rings (SSSR count). The molecule has 0 aliphatic heterocycles. The monoisotopic (exact) mass is 474 g/mol. The summed E-state index contributed by atoms with van der Waals surface area (Å²) in [6.45, 7) is 2.98. The minimum atomic E-state index is -0.385. The molecule has 3 aromatic carbocycles. The number of aromatic nitrogens is 2. The van der Waals surface area contributed by atoms with Crippen LogP contribution in [0, 0.1) is 0 Å². The number of hydrogen-bond acceptors (Lipinski definition) is 5. The van der Waals surface area contributed by atoms with Crippen LogP contribution in [0.3, 0.4) is 0 Å². The van der Waals surface area contributed by atoms with Gasteiger partial charge in [0.25, 0.3) is 5.91 Å². The molecule has 2 N–H and O–H groups in total. The molecule has 0 saturated carbocycles. The lowest BCUT2D eigenvalue weighted by molar-refractivity contribution is 0.0950. The van der Waals surface area contributed by atoms with E-state index in [1.807, 2.05) is 79.7 Å². The second-order valence-electron chi connectivity index (χ2n) is 7.31.